The van der Waals surface area contributed by atoms with Crippen molar-refractivity contribution in [2.45, 2.75) is 63.9 Å². The molecule has 4 aliphatic carbocycles. The Labute approximate surface area is 139 Å². The smallest absolute Gasteiger partial charge is 0.131 e. The van der Waals surface area contributed by atoms with Crippen molar-refractivity contribution < 1.29 is 9.50 Å². The van der Waals surface area contributed by atoms with E-state index < -0.39 is 5.60 Å². The SMILES string of the molecule is C#C[C@]1(O)CC[C@H]2[C@@H]3CCC4=CCCC[C@@H]4[C@H]3/C(=C/F)C[C@@]21C. The van der Waals surface area contributed by atoms with E-state index in [2.05, 4.69) is 18.9 Å². The Kier molecular flexibility index (Phi) is 3.50. The lowest BCUT2D eigenvalue weighted by molar-refractivity contribution is -0.0651. The first-order valence-electron chi connectivity index (χ1n) is 9.22. The quantitative estimate of drug-likeness (QED) is 0.504. The van der Waals surface area contributed by atoms with Gasteiger partial charge in [0, 0.05) is 5.41 Å². The van der Waals surface area contributed by atoms with Crippen LogP contribution in [0.2, 0.25) is 0 Å². The van der Waals surface area contributed by atoms with Gasteiger partial charge in [0.25, 0.3) is 0 Å². The fraction of sp³-hybridized carbons (Fsp3) is 0.714. The van der Waals surface area contributed by atoms with Gasteiger partial charge in [-0.15, -0.1) is 6.42 Å². The molecule has 0 aromatic heterocycles. The van der Waals surface area contributed by atoms with Crippen molar-refractivity contribution in [2.75, 3.05) is 0 Å². The van der Waals surface area contributed by atoms with Gasteiger partial charge in [-0.2, -0.15) is 0 Å². The monoisotopic (exact) mass is 314 g/mol. The molecule has 0 saturated heterocycles. The average Bonchev–Trinajstić information content (AvgIpc) is 2.85. The number of hydrogen-bond donors (Lipinski definition) is 1. The Morgan fingerprint density at radius 1 is 1.39 bits per heavy atom. The van der Waals surface area contributed by atoms with E-state index >= 15 is 0 Å². The first-order chi connectivity index (χ1) is 11.0. The molecule has 3 fully saturated rings. The van der Waals surface area contributed by atoms with Crippen LogP contribution in [0, 0.1) is 41.4 Å². The van der Waals surface area contributed by atoms with Crippen LogP contribution in [0.5, 0.6) is 0 Å². The minimum Gasteiger partial charge on any atom is -0.377 e. The van der Waals surface area contributed by atoms with E-state index in [0.717, 1.165) is 31.2 Å². The lowest BCUT2D eigenvalue weighted by Gasteiger charge is -2.55. The summed E-state index contributed by atoms with van der Waals surface area (Å²) in [5.41, 5.74) is 1.06. The van der Waals surface area contributed by atoms with Gasteiger partial charge in [0.05, 0.1) is 6.33 Å². The maximum Gasteiger partial charge on any atom is 0.131 e. The number of aliphatic hydroxyl groups is 1. The number of halogens is 1. The molecule has 124 valence electrons. The summed E-state index contributed by atoms with van der Waals surface area (Å²) < 4.78 is 13.9. The van der Waals surface area contributed by atoms with Crippen molar-refractivity contribution >= 4 is 0 Å². The van der Waals surface area contributed by atoms with Gasteiger partial charge in [0.1, 0.15) is 5.60 Å². The Balaban J connectivity index is 1.76. The molecule has 0 heterocycles. The van der Waals surface area contributed by atoms with Crippen molar-refractivity contribution in [2.24, 2.45) is 29.1 Å². The molecule has 4 rings (SSSR count). The number of terminal acetylenes is 1. The van der Waals surface area contributed by atoms with Gasteiger partial charge in [-0.25, -0.2) is 4.39 Å². The zero-order valence-corrected chi connectivity index (χ0v) is 14.0. The number of hydrogen-bond acceptors (Lipinski definition) is 1. The Bertz CT molecular complexity index is 612. The highest BCUT2D eigenvalue weighted by Gasteiger charge is 2.63. The zero-order chi connectivity index (χ0) is 16.2. The maximum atomic E-state index is 13.9. The van der Waals surface area contributed by atoms with Crippen LogP contribution < -0.4 is 0 Å². The Morgan fingerprint density at radius 3 is 2.96 bits per heavy atom. The second kappa shape index (κ2) is 5.21. The van der Waals surface area contributed by atoms with Crippen LogP contribution in [0.4, 0.5) is 4.39 Å². The molecular weight excluding hydrogens is 287 g/mol. The molecule has 0 amide bonds. The highest BCUT2D eigenvalue weighted by Crippen LogP contribution is 2.66. The average molecular weight is 314 g/mol. The fourth-order valence-electron chi connectivity index (χ4n) is 6.59. The van der Waals surface area contributed by atoms with Crippen LogP contribution in [-0.4, -0.2) is 10.7 Å². The minimum absolute atomic E-state index is 0.346. The Morgan fingerprint density at radius 2 is 2.22 bits per heavy atom. The van der Waals surface area contributed by atoms with Gasteiger partial charge in [-0.3, -0.25) is 0 Å². The van der Waals surface area contributed by atoms with E-state index in [9.17, 15) is 9.50 Å². The second-order valence-corrected chi connectivity index (χ2v) is 8.47. The lowest BCUT2D eigenvalue weighted by atomic mass is 9.49. The van der Waals surface area contributed by atoms with Crippen LogP contribution in [0.1, 0.15) is 58.3 Å². The number of rotatable bonds is 0. The fourth-order valence-corrected chi connectivity index (χ4v) is 6.59. The molecule has 2 heteroatoms. The van der Waals surface area contributed by atoms with E-state index in [4.69, 9.17) is 6.42 Å². The molecule has 0 aliphatic heterocycles. The molecule has 0 unspecified atom stereocenters. The largest absolute Gasteiger partial charge is 0.377 e. The summed E-state index contributed by atoms with van der Waals surface area (Å²) in [5.74, 6) is 4.47. The van der Waals surface area contributed by atoms with E-state index in [1.54, 1.807) is 5.57 Å². The molecule has 23 heavy (non-hydrogen) atoms. The molecule has 3 saturated carbocycles. The van der Waals surface area contributed by atoms with Crippen molar-refractivity contribution in [3.8, 4) is 12.3 Å². The standard InChI is InChI=1S/C21H27FO/c1-3-21(23)11-10-18-17-9-8-14-6-4-5-7-16(14)19(17)15(13-22)12-20(18,21)2/h1,6,13,16-19,23H,4-5,7-12H2,2H3/b15-13+/t16-,17-,18-,19+,20-,21-/m0/s1. The zero-order valence-electron chi connectivity index (χ0n) is 14.0. The van der Waals surface area contributed by atoms with E-state index in [-0.39, 0.29) is 5.41 Å². The molecule has 0 aromatic rings. The van der Waals surface area contributed by atoms with Crippen LogP contribution >= 0.6 is 0 Å². The summed E-state index contributed by atoms with van der Waals surface area (Å²) in [5, 5.41) is 11.0. The summed E-state index contributed by atoms with van der Waals surface area (Å²) in [4.78, 5) is 0. The highest BCUT2D eigenvalue weighted by atomic mass is 19.1. The molecule has 0 aromatic carbocycles. The first-order valence-corrected chi connectivity index (χ1v) is 9.22. The van der Waals surface area contributed by atoms with Crippen molar-refractivity contribution in [3.05, 3.63) is 23.6 Å². The van der Waals surface area contributed by atoms with Gasteiger partial charge in [0.15, 0.2) is 0 Å². The summed E-state index contributed by atoms with van der Waals surface area (Å²) in [7, 11) is 0. The van der Waals surface area contributed by atoms with Crippen LogP contribution in [0.15, 0.2) is 23.6 Å². The van der Waals surface area contributed by atoms with Gasteiger partial charge >= 0.3 is 0 Å². The molecular formula is C21H27FO. The lowest BCUT2D eigenvalue weighted by Crippen LogP contribution is -2.52. The minimum atomic E-state index is -1.07. The molecule has 4 aliphatic rings. The van der Waals surface area contributed by atoms with Crippen molar-refractivity contribution in [1.29, 1.82) is 0 Å². The molecule has 1 N–H and O–H groups in total. The molecule has 0 spiro atoms. The van der Waals surface area contributed by atoms with Crippen LogP contribution in [0.25, 0.3) is 0 Å². The normalized spacial score (nSPS) is 50.5. The third-order valence-electron chi connectivity index (χ3n) is 7.74. The van der Waals surface area contributed by atoms with Gasteiger partial charge < -0.3 is 5.11 Å². The molecule has 1 nitrogen and oxygen atoms in total. The van der Waals surface area contributed by atoms with Gasteiger partial charge in [-0.1, -0.05) is 24.5 Å². The summed E-state index contributed by atoms with van der Waals surface area (Å²) in [6, 6.07) is 0. The predicted octanol–water partition coefficient (Wildman–Crippen LogP) is 4.78. The van der Waals surface area contributed by atoms with Crippen molar-refractivity contribution in [3.63, 3.8) is 0 Å². The second-order valence-electron chi connectivity index (χ2n) is 8.47. The van der Waals surface area contributed by atoms with Gasteiger partial charge in [-0.05, 0) is 80.6 Å². The predicted molar refractivity (Wildman–Crippen MR) is 90.1 cm³/mol. The van der Waals surface area contributed by atoms with E-state index in [1.807, 2.05) is 0 Å². The summed E-state index contributed by atoms with van der Waals surface area (Å²) >= 11 is 0. The highest BCUT2D eigenvalue weighted by molar-refractivity contribution is 5.32. The molecule has 6 atom stereocenters. The topological polar surface area (TPSA) is 20.2 Å². The number of allylic oxidation sites excluding steroid dienone is 3. The van der Waals surface area contributed by atoms with Crippen LogP contribution in [0.3, 0.4) is 0 Å². The van der Waals surface area contributed by atoms with Crippen molar-refractivity contribution in [1.82, 2.24) is 0 Å². The third-order valence-corrected chi connectivity index (χ3v) is 7.74. The van der Waals surface area contributed by atoms with E-state index in [0.29, 0.717) is 36.5 Å². The van der Waals surface area contributed by atoms with Crippen LogP contribution in [-0.2, 0) is 0 Å². The third kappa shape index (κ3) is 1.96. The summed E-state index contributed by atoms with van der Waals surface area (Å²) in [6.07, 6.45) is 17.2. The van der Waals surface area contributed by atoms with E-state index in [1.165, 1.54) is 19.3 Å². The first kappa shape index (κ1) is 15.5. The van der Waals surface area contributed by atoms with Gasteiger partial charge in [0.2, 0.25) is 0 Å². The Hall–Kier alpha value is -1.07. The summed E-state index contributed by atoms with van der Waals surface area (Å²) in [6.45, 7) is 2.11. The maximum absolute atomic E-state index is 13.9. The molecule has 0 radical (unpaired) electrons. The molecule has 0 bridgehead atoms. The number of fused-ring (bicyclic) bond motifs is 5.